The zero-order chi connectivity index (χ0) is 34.2. The summed E-state index contributed by atoms with van der Waals surface area (Å²) >= 11 is 0. The Kier molecular flexibility index (Phi) is 17.2. The van der Waals surface area contributed by atoms with Crippen LogP contribution >= 0.6 is 0 Å². The molecule has 0 aliphatic heterocycles. The van der Waals surface area contributed by atoms with Crippen molar-refractivity contribution in [3.63, 3.8) is 0 Å². The largest absolute Gasteiger partial charge is 0.465 e. The molecule has 0 aromatic rings. The molecule has 0 radical (unpaired) electrons. The Hall–Kier alpha value is -0.530. The maximum Gasteiger partial charge on any atom is 0.293 e. The van der Waals surface area contributed by atoms with Crippen LogP contribution in [0.3, 0.4) is 0 Å². The van der Waals surface area contributed by atoms with Gasteiger partial charge in [-0.15, -0.1) is 0 Å². The van der Waals surface area contributed by atoms with Crippen LogP contribution in [-0.2, 0) is 9.53 Å². The molecule has 0 spiro atoms. The second-order valence-corrected chi connectivity index (χ2v) is 19.1. The van der Waals surface area contributed by atoms with E-state index in [2.05, 4.69) is 13.8 Å². The molecule has 0 amide bonds. The van der Waals surface area contributed by atoms with E-state index >= 15 is 0 Å². The second kappa shape index (κ2) is 21.2. The molecular formula is C47H84O2. The Morgan fingerprint density at radius 3 is 1.59 bits per heavy atom. The van der Waals surface area contributed by atoms with Crippen LogP contribution in [0.25, 0.3) is 0 Å². The van der Waals surface area contributed by atoms with Crippen molar-refractivity contribution in [2.75, 3.05) is 0 Å². The minimum absolute atomic E-state index is 0.180. The van der Waals surface area contributed by atoms with Gasteiger partial charge in [-0.25, -0.2) is 0 Å². The molecule has 1 atom stereocenters. The van der Waals surface area contributed by atoms with Gasteiger partial charge in [0.1, 0.15) is 6.10 Å². The summed E-state index contributed by atoms with van der Waals surface area (Å²) in [6.45, 7) is 5.44. The van der Waals surface area contributed by atoms with Crippen molar-refractivity contribution in [3.05, 3.63) is 0 Å². The monoisotopic (exact) mass is 681 g/mol. The lowest BCUT2D eigenvalue weighted by atomic mass is 9.47. The molecule has 5 fully saturated rings. The van der Waals surface area contributed by atoms with Crippen LogP contribution in [0.5, 0.6) is 0 Å². The molecule has 2 heteroatoms. The normalized spacial score (nSPS) is 33.6. The van der Waals surface area contributed by atoms with E-state index in [4.69, 9.17) is 4.74 Å². The number of ether oxygens (including phenoxy) is 1. The number of hydrogen-bond donors (Lipinski definition) is 0. The van der Waals surface area contributed by atoms with E-state index in [0.29, 0.717) is 10.8 Å². The lowest BCUT2D eigenvalue weighted by Crippen LogP contribution is -2.49. The van der Waals surface area contributed by atoms with Crippen molar-refractivity contribution >= 4 is 6.47 Å². The second-order valence-electron chi connectivity index (χ2n) is 19.1. The van der Waals surface area contributed by atoms with Gasteiger partial charge in [0.2, 0.25) is 0 Å². The topological polar surface area (TPSA) is 26.3 Å². The Morgan fingerprint density at radius 2 is 1.06 bits per heavy atom. The van der Waals surface area contributed by atoms with E-state index in [-0.39, 0.29) is 6.10 Å². The molecule has 0 aromatic carbocycles. The van der Waals surface area contributed by atoms with Crippen molar-refractivity contribution in [1.82, 2.24) is 0 Å². The quantitative estimate of drug-likeness (QED) is 0.0945. The van der Waals surface area contributed by atoms with Crippen LogP contribution in [-0.4, -0.2) is 12.6 Å². The molecule has 5 saturated carbocycles. The highest BCUT2D eigenvalue weighted by molar-refractivity contribution is 5.37. The Balaban J connectivity index is 1.32. The van der Waals surface area contributed by atoms with Crippen molar-refractivity contribution in [2.45, 2.75) is 245 Å². The predicted molar refractivity (Wildman–Crippen MR) is 210 cm³/mol. The summed E-state index contributed by atoms with van der Waals surface area (Å²) in [7, 11) is 0. The van der Waals surface area contributed by atoms with E-state index in [1.54, 1.807) is 25.7 Å². The number of hydrogen-bond acceptors (Lipinski definition) is 2. The fourth-order valence-electron chi connectivity index (χ4n) is 13.4. The summed E-state index contributed by atoms with van der Waals surface area (Å²) in [6.07, 6.45) is 51.3. The van der Waals surface area contributed by atoms with Gasteiger partial charge in [-0.2, -0.15) is 0 Å². The van der Waals surface area contributed by atoms with Gasteiger partial charge in [-0.3, -0.25) is 4.79 Å². The van der Waals surface area contributed by atoms with E-state index in [9.17, 15) is 4.79 Å². The van der Waals surface area contributed by atoms with Crippen molar-refractivity contribution < 1.29 is 9.53 Å². The average Bonchev–Trinajstić information content (AvgIpc) is 3.16. The first-order valence-electron chi connectivity index (χ1n) is 23.2. The molecule has 0 heterocycles. The molecule has 284 valence electrons. The minimum Gasteiger partial charge on any atom is -0.465 e. The maximum absolute atomic E-state index is 11.4. The lowest BCUT2D eigenvalue weighted by molar-refractivity contribution is -0.138. The zero-order valence-corrected chi connectivity index (χ0v) is 33.2. The van der Waals surface area contributed by atoms with Crippen LogP contribution in [0.1, 0.15) is 239 Å². The van der Waals surface area contributed by atoms with Crippen LogP contribution in [0.15, 0.2) is 0 Å². The van der Waals surface area contributed by atoms with Crippen molar-refractivity contribution in [3.8, 4) is 0 Å². The smallest absolute Gasteiger partial charge is 0.293 e. The summed E-state index contributed by atoms with van der Waals surface area (Å²) in [5.41, 5.74) is 1.11. The van der Waals surface area contributed by atoms with Gasteiger partial charge in [0.25, 0.3) is 6.47 Å². The van der Waals surface area contributed by atoms with Crippen LogP contribution in [0.2, 0.25) is 0 Å². The predicted octanol–water partition coefficient (Wildman–Crippen LogP) is 15.0. The van der Waals surface area contributed by atoms with Gasteiger partial charge in [0.15, 0.2) is 0 Å². The number of carbonyl (C=O) groups is 1. The standard InChI is InChI=1S/C47H84O2/c1-3-5-7-9-13-19-39-23-27-42(28-24-39)46(35-31-44(32-36-46)49-38-48)37-45(41-21-15-11-16-22-41)47(33-17-12-18-34-47)43-29-25-40(26-30-43)20-14-10-8-6-4-2/h38-45H,3-37H2,1-2H3/t39-,40-,42-,43-,44?,45?,46?. The first-order chi connectivity index (χ1) is 24.1. The summed E-state index contributed by atoms with van der Waals surface area (Å²) in [5, 5.41) is 0. The van der Waals surface area contributed by atoms with E-state index in [1.165, 1.54) is 186 Å². The van der Waals surface area contributed by atoms with Gasteiger partial charge in [-0.05, 0) is 117 Å². The van der Waals surface area contributed by atoms with E-state index in [0.717, 1.165) is 54.8 Å². The molecule has 5 aliphatic carbocycles. The van der Waals surface area contributed by atoms with E-state index < -0.39 is 0 Å². The molecule has 49 heavy (non-hydrogen) atoms. The molecule has 0 saturated heterocycles. The first-order valence-corrected chi connectivity index (χ1v) is 23.2. The first kappa shape index (κ1) is 39.7. The summed E-state index contributed by atoms with van der Waals surface area (Å²) in [5.74, 6) is 5.84. The maximum atomic E-state index is 11.4. The van der Waals surface area contributed by atoms with Gasteiger partial charge in [0.05, 0.1) is 0 Å². The van der Waals surface area contributed by atoms with Gasteiger partial charge < -0.3 is 4.74 Å². The zero-order valence-electron chi connectivity index (χ0n) is 33.2. The Labute approximate surface area is 306 Å². The molecule has 0 aromatic heterocycles. The Bertz CT molecular complexity index is 859. The lowest BCUT2D eigenvalue weighted by Gasteiger charge is -2.58. The van der Waals surface area contributed by atoms with Gasteiger partial charge in [0, 0.05) is 0 Å². The summed E-state index contributed by atoms with van der Waals surface area (Å²) < 4.78 is 5.68. The molecule has 5 aliphatic rings. The fraction of sp³-hybridized carbons (Fsp3) is 0.979. The van der Waals surface area contributed by atoms with Crippen LogP contribution in [0, 0.1) is 46.3 Å². The molecule has 0 N–H and O–H groups in total. The van der Waals surface area contributed by atoms with Gasteiger partial charge >= 0.3 is 0 Å². The molecule has 1 unspecified atom stereocenters. The fourth-order valence-corrected chi connectivity index (χ4v) is 13.4. The average molecular weight is 681 g/mol. The summed E-state index contributed by atoms with van der Waals surface area (Å²) in [6, 6.07) is 0. The minimum atomic E-state index is 0.180. The van der Waals surface area contributed by atoms with Crippen LogP contribution in [0.4, 0.5) is 0 Å². The highest BCUT2D eigenvalue weighted by atomic mass is 16.5. The SMILES string of the molecule is CCCCCCC[C@H]1CC[C@H](C2(CC(C3CCCCC3)C3([C@H]4CC[C@H](CCCCCCC)CC4)CCCCC3)CCC(OC=O)CC2)CC1. The van der Waals surface area contributed by atoms with Crippen molar-refractivity contribution in [1.29, 1.82) is 0 Å². The van der Waals surface area contributed by atoms with Gasteiger partial charge in [-0.1, -0.05) is 168 Å². The van der Waals surface area contributed by atoms with Crippen LogP contribution < -0.4 is 0 Å². The third kappa shape index (κ3) is 11.2. The number of rotatable bonds is 20. The molecule has 2 nitrogen and oxygen atoms in total. The van der Waals surface area contributed by atoms with E-state index in [1.807, 2.05) is 0 Å². The molecule has 5 rings (SSSR count). The highest BCUT2D eigenvalue weighted by Crippen LogP contribution is 2.63. The number of carbonyl (C=O) groups excluding carboxylic acids is 1. The number of unbranched alkanes of at least 4 members (excludes halogenated alkanes) is 8. The highest BCUT2D eigenvalue weighted by Gasteiger charge is 2.53. The molecular weight excluding hydrogens is 597 g/mol. The molecule has 0 bridgehead atoms. The third-order valence-corrected chi connectivity index (χ3v) is 16.3. The summed E-state index contributed by atoms with van der Waals surface area (Å²) in [4.78, 5) is 11.4. The third-order valence-electron chi connectivity index (χ3n) is 16.3. The Morgan fingerprint density at radius 1 is 0.551 bits per heavy atom. The van der Waals surface area contributed by atoms with Crippen molar-refractivity contribution in [2.24, 2.45) is 46.3 Å².